The van der Waals surface area contributed by atoms with E-state index >= 15 is 0 Å². The molecule has 12 heavy (non-hydrogen) atoms. The molecule has 0 bridgehead atoms. The fourth-order valence-corrected chi connectivity index (χ4v) is 1.65. The van der Waals surface area contributed by atoms with E-state index in [9.17, 15) is 5.11 Å². The lowest BCUT2D eigenvalue weighted by Crippen LogP contribution is -2.28. The Morgan fingerprint density at radius 1 is 1.42 bits per heavy atom. The van der Waals surface area contributed by atoms with E-state index in [-0.39, 0.29) is 6.10 Å². The second-order valence-electron chi connectivity index (χ2n) is 3.55. The van der Waals surface area contributed by atoms with Crippen LogP contribution in [0, 0.1) is 6.92 Å². The van der Waals surface area contributed by atoms with Crippen molar-refractivity contribution >= 4 is 0 Å². The Balaban J connectivity index is 2.22. The van der Waals surface area contributed by atoms with Gasteiger partial charge in [-0.2, -0.15) is 0 Å². The minimum absolute atomic E-state index is 0.131. The second-order valence-corrected chi connectivity index (χ2v) is 3.55. The van der Waals surface area contributed by atoms with E-state index in [2.05, 4.69) is 11.1 Å². The van der Waals surface area contributed by atoms with E-state index in [1.54, 1.807) is 0 Å². The number of nitrogens with zero attached hydrogens (tertiary/aromatic N) is 1. The van der Waals surface area contributed by atoms with Crippen LogP contribution < -0.4 is 0 Å². The highest BCUT2D eigenvalue weighted by molar-refractivity contribution is 5.23. The molecule has 0 spiro atoms. The lowest BCUT2D eigenvalue weighted by Gasteiger charge is -2.32. The van der Waals surface area contributed by atoms with Gasteiger partial charge in [0.2, 0.25) is 0 Å². The standard InChI is InChI=1S/C10H13NO/c1-7-4-8(6-11-5-7)9-2-3-10(9)12/h4-6,9-10,12H,2-3H2,1H3. The first-order valence-electron chi connectivity index (χ1n) is 4.37. The highest BCUT2D eigenvalue weighted by atomic mass is 16.3. The Labute approximate surface area is 72.3 Å². The predicted octanol–water partition coefficient (Wildman–Crippen LogP) is 1.63. The monoisotopic (exact) mass is 163 g/mol. The van der Waals surface area contributed by atoms with Gasteiger partial charge in [0.15, 0.2) is 0 Å². The van der Waals surface area contributed by atoms with Crippen LogP contribution in [0.25, 0.3) is 0 Å². The van der Waals surface area contributed by atoms with Gasteiger partial charge >= 0.3 is 0 Å². The largest absolute Gasteiger partial charge is 0.392 e. The van der Waals surface area contributed by atoms with Crippen LogP contribution in [0.1, 0.15) is 29.9 Å². The van der Waals surface area contributed by atoms with Crippen LogP contribution in [0.15, 0.2) is 18.5 Å². The molecule has 1 aromatic heterocycles. The third kappa shape index (κ3) is 1.23. The average molecular weight is 163 g/mol. The molecule has 2 rings (SSSR count). The summed E-state index contributed by atoms with van der Waals surface area (Å²) in [7, 11) is 0. The first kappa shape index (κ1) is 7.74. The van der Waals surface area contributed by atoms with Crippen LogP contribution in [-0.2, 0) is 0 Å². The summed E-state index contributed by atoms with van der Waals surface area (Å²) in [5, 5.41) is 9.42. The Hall–Kier alpha value is -0.890. The van der Waals surface area contributed by atoms with Crippen LogP contribution in [0.4, 0.5) is 0 Å². The van der Waals surface area contributed by atoms with Crippen molar-refractivity contribution in [2.75, 3.05) is 0 Å². The molecule has 1 aliphatic rings. The van der Waals surface area contributed by atoms with Gasteiger partial charge in [-0.1, -0.05) is 6.07 Å². The quantitative estimate of drug-likeness (QED) is 0.682. The average Bonchev–Trinajstić information content (AvgIpc) is 2.02. The van der Waals surface area contributed by atoms with Gasteiger partial charge < -0.3 is 5.11 Å². The molecule has 0 saturated heterocycles. The summed E-state index contributed by atoms with van der Waals surface area (Å²) in [4.78, 5) is 4.11. The third-order valence-corrected chi connectivity index (χ3v) is 2.56. The Bertz CT molecular complexity index is 285. The molecule has 2 nitrogen and oxygen atoms in total. The topological polar surface area (TPSA) is 33.1 Å². The summed E-state index contributed by atoms with van der Waals surface area (Å²) in [5.41, 5.74) is 2.36. The molecule has 0 radical (unpaired) electrons. The van der Waals surface area contributed by atoms with Gasteiger partial charge in [0.05, 0.1) is 6.10 Å². The molecule has 1 saturated carbocycles. The number of hydrogen-bond donors (Lipinski definition) is 1. The van der Waals surface area contributed by atoms with Gasteiger partial charge in [0, 0.05) is 18.3 Å². The summed E-state index contributed by atoms with van der Waals surface area (Å²) in [6.45, 7) is 2.03. The normalized spacial score (nSPS) is 28.2. The predicted molar refractivity (Wildman–Crippen MR) is 47.0 cm³/mol. The Kier molecular flexibility index (Phi) is 1.85. The van der Waals surface area contributed by atoms with Gasteiger partial charge in [-0.05, 0) is 30.9 Å². The number of pyridine rings is 1. The van der Waals surface area contributed by atoms with Gasteiger partial charge in [-0.3, -0.25) is 4.98 Å². The number of rotatable bonds is 1. The second kappa shape index (κ2) is 2.87. The fraction of sp³-hybridized carbons (Fsp3) is 0.500. The number of aromatic nitrogens is 1. The van der Waals surface area contributed by atoms with Crippen molar-refractivity contribution in [3.05, 3.63) is 29.6 Å². The van der Waals surface area contributed by atoms with Gasteiger partial charge in [0.1, 0.15) is 0 Å². The smallest absolute Gasteiger partial charge is 0.0609 e. The molecule has 0 aromatic carbocycles. The zero-order valence-electron chi connectivity index (χ0n) is 7.20. The number of aliphatic hydroxyl groups is 1. The zero-order valence-corrected chi connectivity index (χ0v) is 7.20. The lowest BCUT2D eigenvalue weighted by molar-refractivity contribution is 0.0659. The molecule has 0 amide bonds. The SMILES string of the molecule is Cc1cncc(C2CCC2O)c1. The minimum Gasteiger partial charge on any atom is -0.392 e. The third-order valence-electron chi connectivity index (χ3n) is 2.56. The molecular formula is C10H13NO. The van der Waals surface area contributed by atoms with Gasteiger partial charge in [-0.15, -0.1) is 0 Å². The van der Waals surface area contributed by atoms with Crippen LogP contribution in [-0.4, -0.2) is 16.2 Å². The lowest BCUT2D eigenvalue weighted by atomic mass is 9.77. The van der Waals surface area contributed by atoms with E-state index in [1.807, 2.05) is 19.3 Å². The maximum Gasteiger partial charge on any atom is 0.0609 e. The van der Waals surface area contributed by atoms with E-state index in [0.29, 0.717) is 5.92 Å². The van der Waals surface area contributed by atoms with Crippen molar-refractivity contribution in [2.24, 2.45) is 0 Å². The Morgan fingerprint density at radius 3 is 2.75 bits per heavy atom. The first-order valence-corrected chi connectivity index (χ1v) is 4.37. The molecule has 2 heteroatoms. The maximum atomic E-state index is 9.42. The van der Waals surface area contributed by atoms with Crippen LogP contribution in [0.2, 0.25) is 0 Å². The molecule has 2 atom stereocenters. The summed E-state index contributed by atoms with van der Waals surface area (Å²) in [6.07, 6.45) is 5.62. The molecule has 2 unspecified atom stereocenters. The summed E-state index contributed by atoms with van der Waals surface area (Å²) in [5.74, 6) is 0.345. The van der Waals surface area contributed by atoms with Crippen LogP contribution in [0.5, 0.6) is 0 Å². The van der Waals surface area contributed by atoms with Gasteiger partial charge in [-0.25, -0.2) is 0 Å². The van der Waals surface area contributed by atoms with Crippen LogP contribution in [0.3, 0.4) is 0 Å². The number of hydrogen-bond acceptors (Lipinski definition) is 2. The maximum absolute atomic E-state index is 9.42. The highest BCUT2D eigenvalue weighted by Gasteiger charge is 2.30. The first-order chi connectivity index (χ1) is 5.77. The van der Waals surface area contributed by atoms with Gasteiger partial charge in [0.25, 0.3) is 0 Å². The molecule has 0 aliphatic heterocycles. The zero-order chi connectivity index (χ0) is 8.55. The molecular weight excluding hydrogens is 150 g/mol. The number of aliphatic hydroxyl groups excluding tert-OH is 1. The molecule has 1 N–H and O–H groups in total. The minimum atomic E-state index is -0.131. The van der Waals surface area contributed by atoms with Crippen molar-refractivity contribution in [3.63, 3.8) is 0 Å². The van der Waals surface area contributed by atoms with Crippen LogP contribution >= 0.6 is 0 Å². The van der Waals surface area contributed by atoms with Crippen molar-refractivity contribution in [2.45, 2.75) is 31.8 Å². The van der Waals surface area contributed by atoms with E-state index in [4.69, 9.17) is 0 Å². The van der Waals surface area contributed by atoms with Crippen molar-refractivity contribution < 1.29 is 5.11 Å². The molecule has 1 aliphatic carbocycles. The fourth-order valence-electron chi connectivity index (χ4n) is 1.65. The molecule has 1 fully saturated rings. The molecule has 1 aromatic rings. The van der Waals surface area contributed by atoms with E-state index in [0.717, 1.165) is 12.8 Å². The molecule has 1 heterocycles. The van der Waals surface area contributed by atoms with Crippen molar-refractivity contribution in [3.8, 4) is 0 Å². The number of aryl methyl sites for hydroxylation is 1. The van der Waals surface area contributed by atoms with E-state index < -0.39 is 0 Å². The summed E-state index contributed by atoms with van der Waals surface area (Å²) >= 11 is 0. The summed E-state index contributed by atoms with van der Waals surface area (Å²) in [6, 6.07) is 2.11. The molecule has 64 valence electrons. The van der Waals surface area contributed by atoms with E-state index in [1.165, 1.54) is 11.1 Å². The Morgan fingerprint density at radius 2 is 2.25 bits per heavy atom. The van der Waals surface area contributed by atoms with Crippen molar-refractivity contribution in [1.29, 1.82) is 0 Å². The summed E-state index contributed by atoms with van der Waals surface area (Å²) < 4.78 is 0. The highest BCUT2D eigenvalue weighted by Crippen LogP contribution is 2.36. The van der Waals surface area contributed by atoms with Crippen molar-refractivity contribution in [1.82, 2.24) is 4.98 Å².